The number of primary amides is 1. The number of nitrogens with two attached hydrogens (primary N) is 1. The van der Waals surface area contributed by atoms with Gasteiger partial charge in [0.25, 0.3) is 0 Å². The van der Waals surface area contributed by atoms with Crippen LogP contribution in [0.2, 0.25) is 10.0 Å². The van der Waals surface area contributed by atoms with Gasteiger partial charge in [0.1, 0.15) is 113 Å². The van der Waals surface area contributed by atoms with Gasteiger partial charge in [-0.05, 0) is 171 Å². The van der Waals surface area contributed by atoms with Crippen LogP contribution in [0, 0.1) is 29.6 Å². The van der Waals surface area contributed by atoms with E-state index in [1.54, 1.807) is 34.6 Å². The Balaban J connectivity index is 1.04. The monoisotopic (exact) mass is 1540 g/mol. The number of aliphatic hydroxyl groups is 6. The Kier molecular flexibility index (Phi) is 22.4. The first kappa shape index (κ1) is 77.8. The minimum absolute atomic E-state index is 0.0481. The third-order valence-electron chi connectivity index (χ3n) is 20.7. The molecule has 108 heavy (non-hydrogen) atoms. The Bertz CT molecular complexity index is 4380. The number of carbonyl (C=O) groups is 9. The first-order chi connectivity index (χ1) is 51.0. The fourth-order valence-electron chi connectivity index (χ4n) is 15.7. The standard InChI is InChI=1S/C74H85Cl2N9O23/c1-28(2)13-43(85(6)73(103)108-74(3,4)5)66(97)83-57-59(91)32-8-11-46(40(75)20-32)104-48-22-36-23-49(64(48)107-72-63(95)62(94)61(93)50(27-86)106-72)105-47-12-9-33(21-41(47)76)60(92)58-71(102)82-56(69(100)79-53-34-15-29-14-30(17-34)18-35(53)16-29)39-24-37(87)25-45(89)52(39)38-19-31(7-10-44(38)88)54(67(98)84-58)81-68(99)55(36)80-65(96)42(26-51(77)90)78-70(57)101/h7-12,19-25,28-30,34-35,42-43,50,53-63,72,86-89,91-95H,13-18,26-27H2,1-6H3,(H2,77,90)(H,78,101)(H,79,100)(H,80,96)(H,81,99)(H,82,102)(H,83,97)(H,84,98)/t29?,30?,34?,35?,42-,43+,50-,53?,54+,55+,56-,57+,58-,59+,60+,61-,62+,63-,72+/m0/s1. The number of phenolic OH excluding ortho intramolecular Hbond substituents is 3. The molecule has 0 aromatic heterocycles. The topological polar surface area (TPSA) is 495 Å². The summed E-state index contributed by atoms with van der Waals surface area (Å²) in [7, 11) is 1.27. The van der Waals surface area contributed by atoms with Crippen LogP contribution in [0.3, 0.4) is 0 Å². The van der Waals surface area contributed by atoms with Crippen molar-refractivity contribution in [3.63, 3.8) is 0 Å². The van der Waals surface area contributed by atoms with E-state index in [2.05, 4.69) is 37.2 Å². The molecule has 15 bridgehead atoms. The third-order valence-corrected chi connectivity index (χ3v) is 21.3. The summed E-state index contributed by atoms with van der Waals surface area (Å²) in [4.78, 5) is 136. The fourth-order valence-corrected chi connectivity index (χ4v) is 16.1. The lowest BCUT2D eigenvalue weighted by molar-refractivity contribution is -0.277. The van der Waals surface area contributed by atoms with Gasteiger partial charge < -0.3 is 113 Å². The highest BCUT2D eigenvalue weighted by Gasteiger charge is 2.51. The van der Waals surface area contributed by atoms with E-state index < -0.39 is 207 Å². The number of hydrogen-bond acceptors (Lipinski definition) is 23. The highest BCUT2D eigenvalue weighted by Crippen LogP contribution is 2.55. The number of carbonyl (C=O) groups excluding carboxylic acids is 9. The van der Waals surface area contributed by atoms with Crippen LogP contribution in [-0.4, -0.2) is 184 Å². The van der Waals surface area contributed by atoms with Crippen molar-refractivity contribution in [2.24, 2.45) is 35.3 Å². The van der Waals surface area contributed by atoms with Gasteiger partial charge in [-0.15, -0.1) is 0 Å². The molecule has 5 aromatic carbocycles. The Hall–Kier alpha value is -9.77. The number of ether oxygens (including phenoxy) is 5. The summed E-state index contributed by atoms with van der Waals surface area (Å²) < 4.78 is 30.8. The second-order valence-electron chi connectivity index (χ2n) is 30.1. The number of rotatable bonds is 12. The first-order valence-corrected chi connectivity index (χ1v) is 36.0. The zero-order valence-corrected chi connectivity index (χ0v) is 60.7. The van der Waals surface area contributed by atoms with E-state index in [4.69, 9.17) is 52.6 Å². The molecule has 0 spiro atoms. The van der Waals surface area contributed by atoms with Crippen molar-refractivity contribution in [1.82, 2.24) is 42.1 Å². The lowest BCUT2D eigenvalue weighted by Crippen LogP contribution is -2.60. The molecule has 32 nitrogen and oxygen atoms in total. The fraction of sp³-hybridized carbons (Fsp3) is 0.473. The number of hydrogen-bond donors (Lipinski definition) is 17. The van der Waals surface area contributed by atoms with Crippen LogP contribution in [0.15, 0.2) is 78.9 Å². The van der Waals surface area contributed by atoms with Crippen LogP contribution in [-0.2, 0) is 47.8 Å². The zero-order chi connectivity index (χ0) is 78.0. The molecule has 6 heterocycles. The number of phenols is 3. The molecule has 10 aliphatic rings. The van der Waals surface area contributed by atoms with Gasteiger partial charge in [0.15, 0.2) is 11.5 Å². The zero-order valence-electron chi connectivity index (χ0n) is 59.2. The van der Waals surface area contributed by atoms with E-state index in [0.29, 0.717) is 11.8 Å². The number of likely N-dealkylation sites (N-methyl/N-ethyl adjacent to an activating group) is 1. The van der Waals surface area contributed by atoms with E-state index >= 15 is 28.8 Å². The van der Waals surface area contributed by atoms with Gasteiger partial charge in [-0.3, -0.25) is 43.3 Å². The van der Waals surface area contributed by atoms with Crippen molar-refractivity contribution in [2.45, 2.75) is 176 Å². The Labute approximate surface area is 627 Å². The summed E-state index contributed by atoms with van der Waals surface area (Å²) in [6, 6.07) is -0.484. The number of fused-ring (bicyclic) bond motifs is 15. The molecule has 578 valence electrons. The molecule has 5 aromatic rings. The normalized spacial score (nSPS) is 29.1. The number of nitrogens with zero attached hydrogens (tertiary/aromatic N) is 1. The first-order valence-electron chi connectivity index (χ1n) is 35.2. The molecular weight excluding hydrogens is 1450 g/mol. The van der Waals surface area contributed by atoms with Crippen molar-refractivity contribution in [2.75, 3.05) is 13.7 Å². The van der Waals surface area contributed by atoms with Crippen LogP contribution in [0.5, 0.6) is 46.0 Å². The number of aromatic hydroxyl groups is 3. The lowest BCUT2D eigenvalue weighted by Gasteiger charge is -2.54. The van der Waals surface area contributed by atoms with Crippen molar-refractivity contribution in [1.29, 1.82) is 0 Å². The maximum absolute atomic E-state index is 16.2. The molecule has 4 aliphatic carbocycles. The minimum Gasteiger partial charge on any atom is -0.508 e. The van der Waals surface area contributed by atoms with Crippen molar-refractivity contribution < 1.29 is 113 Å². The Morgan fingerprint density at radius 2 is 1.23 bits per heavy atom. The van der Waals surface area contributed by atoms with Crippen LogP contribution >= 0.6 is 23.2 Å². The highest BCUT2D eigenvalue weighted by molar-refractivity contribution is 6.32. The van der Waals surface area contributed by atoms with Gasteiger partial charge in [-0.25, -0.2) is 4.79 Å². The number of halogens is 2. The Morgan fingerprint density at radius 3 is 1.81 bits per heavy atom. The SMILES string of the molecule is CC(C)C[C@H](C(=O)N[C@H]1C(=O)N[C@@H](CC(N)=O)C(=O)N[C@H]2C(=O)N[C@H]3C(=O)N[C@H](C(=O)N[C@H](C(=O)NC4C5CC6CC(C5)CC4C6)c4cc(O)cc(O)c4-c4cc3ccc4O)[C@H](O)c3ccc(c(Cl)c3)Oc3cc2cc(c3O[C@H]2O[C@@H](CO)[C@H](O)[C@@H](O)[C@@H]2O)Oc2ccc(cc2Cl)[C@H]1O)N(C)C(=O)OC(C)(C)C. The Morgan fingerprint density at radius 1 is 0.648 bits per heavy atom. The van der Waals surface area contributed by atoms with Crippen LogP contribution in [0.1, 0.15) is 138 Å². The third kappa shape index (κ3) is 16.2. The van der Waals surface area contributed by atoms with Crippen molar-refractivity contribution in [3.05, 3.63) is 117 Å². The molecule has 15 rings (SSSR count). The number of amides is 9. The molecule has 18 N–H and O–H groups in total. The van der Waals surface area contributed by atoms with Crippen LogP contribution in [0.25, 0.3) is 11.1 Å². The predicted molar refractivity (Wildman–Crippen MR) is 379 cm³/mol. The maximum atomic E-state index is 16.2. The molecule has 14 atom stereocenters. The van der Waals surface area contributed by atoms with E-state index in [-0.39, 0.29) is 75.1 Å². The second kappa shape index (κ2) is 31.1. The summed E-state index contributed by atoms with van der Waals surface area (Å²) in [5.41, 5.74) is 2.55. The van der Waals surface area contributed by atoms with E-state index in [1.165, 1.54) is 25.2 Å². The second-order valence-corrected chi connectivity index (χ2v) is 30.9. The average Bonchev–Trinajstić information content (AvgIpc) is 0.761. The molecule has 34 heteroatoms. The number of nitrogens with one attached hydrogen (secondary N) is 7. The smallest absolute Gasteiger partial charge is 0.410 e. The minimum atomic E-state index is -2.34. The largest absolute Gasteiger partial charge is 0.508 e. The lowest BCUT2D eigenvalue weighted by atomic mass is 9.54. The van der Waals surface area contributed by atoms with Crippen LogP contribution < -0.4 is 57.2 Å². The van der Waals surface area contributed by atoms with E-state index in [9.17, 15) is 60.3 Å². The summed E-state index contributed by atoms with van der Waals surface area (Å²) in [5.74, 6) is -13.8. The molecule has 4 saturated carbocycles. The van der Waals surface area contributed by atoms with Gasteiger partial charge in [-0.2, -0.15) is 0 Å². The molecule has 9 amide bonds. The van der Waals surface area contributed by atoms with E-state index in [1.807, 2.05) is 0 Å². The van der Waals surface area contributed by atoms with Gasteiger partial charge in [0, 0.05) is 30.3 Å². The summed E-state index contributed by atoms with van der Waals surface area (Å²) in [6.45, 7) is 7.31. The van der Waals surface area contributed by atoms with Gasteiger partial charge in [0.2, 0.25) is 59.3 Å². The molecule has 1 saturated heterocycles. The van der Waals surface area contributed by atoms with E-state index in [0.717, 1.165) is 97.7 Å². The maximum Gasteiger partial charge on any atom is 0.410 e. The number of benzene rings is 5. The van der Waals surface area contributed by atoms with Crippen LogP contribution in [0.4, 0.5) is 4.79 Å². The predicted octanol–water partition coefficient (Wildman–Crippen LogP) is 3.37. The molecule has 0 radical (unpaired) electrons. The highest BCUT2D eigenvalue weighted by atomic mass is 35.5. The van der Waals surface area contributed by atoms with Crippen molar-refractivity contribution in [3.8, 4) is 57.1 Å². The average molecular weight is 1540 g/mol. The number of aliphatic hydroxyl groups excluding tert-OH is 6. The summed E-state index contributed by atoms with van der Waals surface area (Å²) in [6.07, 6.45) is -11.9. The van der Waals surface area contributed by atoms with Gasteiger partial charge in [-0.1, -0.05) is 55.2 Å². The molecule has 0 unspecified atom stereocenters. The molecule has 6 aliphatic heterocycles. The molecule has 5 fully saturated rings. The van der Waals surface area contributed by atoms with Crippen molar-refractivity contribution >= 4 is 76.6 Å². The molecular formula is C74H85Cl2N9O23. The quantitative estimate of drug-likeness (QED) is 0.0851. The van der Waals surface area contributed by atoms with Gasteiger partial charge >= 0.3 is 6.09 Å². The van der Waals surface area contributed by atoms with Gasteiger partial charge in [0.05, 0.1) is 23.1 Å². The summed E-state index contributed by atoms with van der Waals surface area (Å²) >= 11 is 14.2. The summed E-state index contributed by atoms with van der Waals surface area (Å²) in [5, 5.41) is 122.